The third kappa shape index (κ3) is 1.73. The highest BCUT2D eigenvalue weighted by molar-refractivity contribution is 6.61. The summed E-state index contributed by atoms with van der Waals surface area (Å²) in [6, 6.07) is 4.26. The summed E-state index contributed by atoms with van der Waals surface area (Å²) in [5.41, 5.74) is 1.89. The first-order chi connectivity index (χ1) is 9.32. The van der Waals surface area contributed by atoms with Gasteiger partial charge in [-0.1, -0.05) is 0 Å². The van der Waals surface area contributed by atoms with Gasteiger partial charge in [-0.3, -0.25) is 0 Å². The van der Waals surface area contributed by atoms with Crippen LogP contribution in [0.1, 0.15) is 46.2 Å². The van der Waals surface area contributed by atoms with Gasteiger partial charge in [-0.15, -0.1) is 0 Å². The number of nitrogens with zero attached hydrogens (tertiary/aromatic N) is 1. The van der Waals surface area contributed by atoms with Gasteiger partial charge in [0.2, 0.25) is 0 Å². The zero-order chi connectivity index (χ0) is 14.2. The summed E-state index contributed by atoms with van der Waals surface area (Å²) in [7, 11) is -0.275. The number of aromatic nitrogens is 1. The van der Waals surface area contributed by atoms with E-state index in [0.717, 1.165) is 12.1 Å². The van der Waals surface area contributed by atoms with E-state index >= 15 is 0 Å². The van der Waals surface area contributed by atoms with E-state index in [1.807, 2.05) is 0 Å². The summed E-state index contributed by atoms with van der Waals surface area (Å²) in [4.78, 5) is 0. The Labute approximate surface area is 120 Å². The highest BCUT2D eigenvalue weighted by atomic mass is 16.7. The minimum absolute atomic E-state index is 0.102. The molecule has 0 aromatic carbocycles. The Morgan fingerprint density at radius 3 is 2.30 bits per heavy atom. The molecular formula is C15H22BNO3. The van der Waals surface area contributed by atoms with Crippen LogP contribution in [-0.2, 0) is 27.2 Å². The van der Waals surface area contributed by atoms with E-state index in [2.05, 4.69) is 44.4 Å². The Morgan fingerprint density at radius 1 is 1.05 bits per heavy atom. The van der Waals surface area contributed by atoms with Gasteiger partial charge in [-0.05, 0) is 52.7 Å². The average Bonchev–Trinajstić information content (AvgIpc) is 2.89. The van der Waals surface area contributed by atoms with Crippen LogP contribution in [-0.4, -0.2) is 28.5 Å². The first-order valence-electron chi connectivity index (χ1n) is 7.50. The third-order valence-corrected chi connectivity index (χ3v) is 5.38. The van der Waals surface area contributed by atoms with Crippen molar-refractivity contribution in [2.45, 2.75) is 70.5 Å². The van der Waals surface area contributed by atoms with Crippen LogP contribution in [0, 0.1) is 0 Å². The van der Waals surface area contributed by atoms with Crippen molar-refractivity contribution in [3.8, 4) is 0 Å². The normalized spacial score (nSPS) is 28.7. The Hall–Kier alpha value is -0.775. The molecule has 108 valence electrons. The van der Waals surface area contributed by atoms with Crippen LogP contribution in [0.2, 0.25) is 0 Å². The number of hydrogen-bond donors (Lipinski definition) is 0. The maximum atomic E-state index is 6.18. The second kappa shape index (κ2) is 3.70. The molecule has 1 aromatic heterocycles. The fourth-order valence-electron chi connectivity index (χ4n) is 3.02. The number of rotatable bonds is 1. The van der Waals surface area contributed by atoms with Crippen LogP contribution < -0.4 is 5.59 Å². The van der Waals surface area contributed by atoms with Gasteiger partial charge in [-0.25, -0.2) is 0 Å². The molecule has 4 nitrogen and oxygen atoms in total. The van der Waals surface area contributed by atoms with Gasteiger partial charge in [0.15, 0.2) is 0 Å². The smallest absolute Gasteiger partial charge is 0.398 e. The van der Waals surface area contributed by atoms with Gasteiger partial charge in [0.1, 0.15) is 0 Å². The lowest BCUT2D eigenvalue weighted by atomic mass is 9.84. The van der Waals surface area contributed by atoms with E-state index < -0.39 is 0 Å². The standard InChI is InChI=1S/C15H22BNO3/c1-13(2)14(3,4)20-16(19-13)12-6-5-11-9-18-15(7-8-15)10-17(11)12/h5-6H,7-10H2,1-4H3. The molecule has 1 saturated heterocycles. The zero-order valence-electron chi connectivity index (χ0n) is 12.7. The summed E-state index contributed by atoms with van der Waals surface area (Å²) >= 11 is 0. The van der Waals surface area contributed by atoms with E-state index in [-0.39, 0.29) is 23.9 Å². The summed E-state index contributed by atoms with van der Waals surface area (Å²) in [5.74, 6) is 0. The van der Waals surface area contributed by atoms with Gasteiger partial charge in [-0.2, -0.15) is 0 Å². The number of fused-ring (bicyclic) bond motifs is 1. The summed E-state index contributed by atoms with van der Waals surface area (Å²) < 4.78 is 20.7. The molecule has 2 aliphatic heterocycles. The summed E-state index contributed by atoms with van der Waals surface area (Å²) in [5, 5.41) is 0. The summed E-state index contributed by atoms with van der Waals surface area (Å²) in [6.07, 6.45) is 2.35. The van der Waals surface area contributed by atoms with Gasteiger partial charge in [0.25, 0.3) is 0 Å². The number of ether oxygens (including phenoxy) is 1. The van der Waals surface area contributed by atoms with Crippen LogP contribution in [0.25, 0.3) is 0 Å². The van der Waals surface area contributed by atoms with Crippen LogP contribution in [0.3, 0.4) is 0 Å². The highest BCUT2D eigenvalue weighted by Gasteiger charge is 2.54. The van der Waals surface area contributed by atoms with Crippen molar-refractivity contribution in [2.24, 2.45) is 0 Å². The third-order valence-electron chi connectivity index (χ3n) is 5.38. The highest BCUT2D eigenvalue weighted by Crippen LogP contribution is 2.44. The largest absolute Gasteiger partial charge is 0.512 e. The van der Waals surface area contributed by atoms with Crippen LogP contribution in [0.15, 0.2) is 12.1 Å². The van der Waals surface area contributed by atoms with Crippen molar-refractivity contribution in [1.29, 1.82) is 0 Å². The molecule has 2 fully saturated rings. The molecule has 0 bridgehead atoms. The predicted molar refractivity (Wildman–Crippen MR) is 76.9 cm³/mol. The molecule has 0 unspecified atom stereocenters. The molecule has 0 radical (unpaired) electrons. The molecule has 0 amide bonds. The van der Waals surface area contributed by atoms with Crippen LogP contribution in [0.4, 0.5) is 0 Å². The molecule has 4 rings (SSSR count). The molecule has 0 atom stereocenters. The Bertz CT molecular complexity index is 543. The van der Waals surface area contributed by atoms with Crippen LogP contribution >= 0.6 is 0 Å². The molecule has 1 spiro atoms. The van der Waals surface area contributed by atoms with Gasteiger partial charge in [0, 0.05) is 11.3 Å². The van der Waals surface area contributed by atoms with Crippen molar-refractivity contribution in [2.75, 3.05) is 0 Å². The fourth-order valence-corrected chi connectivity index (χ4v) is 3.02. The molecular weight excluding hydrogens is 253 g/mol. The molecule has 1 saturated carbocycles. The maximum Gasteiger partial charge on any atom is 0.512 e. The molecule has 3 aliphatic rings. The molecule has 0 N–H and O–H groups in total. The van der Waals surface area contributed by atoms with Crippen molar-refractivity contribution in [1.82, 2.24) is 4.57 Å². The zero-order valence-corrected chi connectivity index (χ0v) is 12.7. The fraction of sp³-hybridized carbons (Fsp3) is 0.733. The van der Waals surface area contributed by atoms with Crippen molar-refractivity contribution in [3.63, 3.8) is 0 Å². The molecule has 5 heteroatoms. The van der Waals surface area contributed by atoms with E-state index in [0.29, 0.717) is 6.61 Å². The lowest BCUT2D eigenvalue weighted by molar-refractivity contribution is -0.0150. The maximum absolute atomic E-state index is 6.18. The van der Waals surface area contributed by atoms with Gasteiger partial charge >= 0.3 is 7.12 Å². The van der Waals surface area contributed by atoms with E-state index in [9.17, 15) is 0 Å². The van der Waals surface area contributed by atoms with E-state index in [4.69, 9.17) is 14.0 Å². The van der Waals surface area contributed by atoms with E-state index in [1.54, 1.807) is 0 Å². The minimum Gasteiger partial charge on any atom is -0.398 e. The SMILES string of the molecule is CC1(C)OB(c2ccc3n2CC2(CC2)OC3)OC1(C)C. The Morgan fingerprint density at radius 2 is 1.70 bits per heavy atom. The van der Waals surface area contributed by atoms with Gasteiger partial charge < -0.3 is 18.6 Å². The molecule has 1 aromatic rings. The first kappa shape index (κ1) is 12.9. The van der Waals surface area contributed by atoms with E-state index in [1.165, 1.54) is 18.5 Å². The molecule has 1 aliphatic carbocycles. The van der Waals surface area contributed by atoms with Gasteiger partial charge in [0.05, 0.1) is 30.0 Å². The van der Waals surface area contributed by atoms with Crippen molar-refractivity contribution >= 4 is 12.7 Å². The molecule has 3 heterocycles. The lowest BCUT2D eigenvalue weighted by Gasteiger charge is -2.32. The minimum atomic E-state index is -0.287. The lowest BCUT2D eigenvalue weighted by Crippen LogP contribution is -2.43. The second-order valence-electron chi connectivity index (χ2n) is 7.40. The predicted octanol–water partition coefficient (Wildman–Crippen LogP) is 1.85. The molecule has 20 heavy (non-hydrogen) atoms. The second-order valence-corrected chi connectivity index (χ2v) is 7.40. The quantitative estimate of drug-likeness (QED) is 0.733. The monoisotopic (exact) mass is 275 g/mol. The number of hydrogen-bond acceptors (Lipinski definition) is 3. The Balaban J connectivity index is 1.66. The van der Waals surface area contributed by atoms with Crippen molar-refractivity contribution in [3.05, 3.63) is 17.8 Å². The first-order valence-corrected chi connectivity index (χ1v) is 7.50. The topological polar surface area (TPSA) is 32.6 Å². The van der Waals surface area contributed by atoms with Crippen LogP contribution in [0.5, 0.6) is 0 Å². The average molecular weight is 275 g/mol. The summed E-state index contributed by atoms with van der Waals surface area (Å²) in [6.45, 7) is 10.0. The Kier molecular flexibility index (Phi) is 2.39. The van der Waals surface area contributed by atoms with Crippen molar-refractivity contribution < 1.29 is 14.0 Å².